The minimum absolute atomic E-state index is 0.101. The molecule has 1 unspecified atom stereocenters. The molecule has 19 heavy (non-hydrogen) atoms. The lowest BCUT2D eigenvalue weighted by molar-refractivity contribution is -0.121. The molecule has 2 rings (SSSR count). The van der Waals surface area contributed by atoms with Gasteiger partial charge in [-0.3, -0.25) is 4.79 Å². The summed E-state index contributed by atoms with van der Waals surface area (Å²) in [5, 5.41) is 7.00. The fourth-order valence-corrected chi connectivity index (χ4v) is 3.45. The van der Waals surface area contributed by atoms with Gasteiger partial charge in [0, 0.05) is 28.6 Å². The minimum Gasteiger partial charge on any atom is -0.349 e. The number of hydrogen-bond acceptors (Lipinski definition) is 3. The lowest BCUT2D eigenvalue weighted by Gasteiger charge is -2.26. The maximum absolute atomic E-state index is 11.9. The zero-order valence-electron chi connectivity index (χ0n) is 11.0. The molecule has 0 aromatic heterocycles. The van der Waals surface area contributed by atoms with Crippen LogP contribution in [0.3, 0.4) is 0 Å². The Hall–Kier alpha value is -0.710. The van der Waals surface area contributed by atoms with Crippen molar-refractivity contribution in [2.24, 2.45) is 0 Å². The maximum Gasteiger partial charge on any atom is 0.221 e. The van der Waals surface area contributed by atoms with Crippen LogP contribution in [-0.2, 0) is 4.79 Å². The Bertz CT molecular complexity index is 453. The molecule has 1 atom stereocenters. The fraction of sp³-hybridized carbons (Fsp3) is 0.500. The molecular weight excluding hydrogens is 280 g/mol. The molecule has 1 aliphatic rings. The van der Waals surface area contributed by atoms with Crippen LogP contribution in [0.25, 0.3) is 0 Å². The molecule has 1 heterocycles. The molecule has 0 fully saturated rings. The fourth-order valence-electron chi connectivity index (χ4n) is 2.16. The van der Waals surface area contributed by atoms with Crippen LogP contribution >= 0.6 is 23.4 Å². The average molecular weight is 299 g/mol. The van der Waals surface area contributed by atoms with E-state index in [1.54, 1.807) is 0 Å². The molecule has 3 nitrogen and oxygen atoms in total. The van der Waals surface area contributed by atoms with Crippen molar-refractivity contribution in [2.75, 3.05) is 18.8 Å². The molecule has 1 amide bonds. The van der Waals surface area contributed by atoms with Crippen LogP contribution in [0.4, 0.5) is 0 Å². The highest BCUT2D eigenvalue weighted by Gasteiger charge is 2.22. The van der Waals surface area contributed by atoms with E-state index in [2.05, 4.69) is 10.6 Å². The van der Waals surface area contributed by atoms with Gasteiger partial charge in [-0.15, -0.1) is 11.8 Å². The van der Waals surface area contributed by atoms with Crippen molar-refractivity contribution in [2.45, 2.75) is 30.7 Å². The van der Waals surface area contributed by atoms with E-state index in [1.807, 2.05) is 36.9 Å². The summed E-state index contributed by atoms with van der Waals surface area (Å²) in [7, 11) is 0. The molecule has 0 spiro atoms. The number of benzene rings is 1. The number of halogens is 1. The standard InChI is InChI=1S/C14H19ClN2OS/c1-2-16-7-5-14(18)17-12-6-8-19-13-4-3-10(15)9-11(12)13/h3-4,9,12,16H,2,5-8H2,1H3,(H,17,18). The predicted molar refractivity (Wildman–Crippen MR) is 80.8 cm³/mol. The lowest BCUT2D eigenvalue weighted by atomic mass is 10.0. The Kier molecular flexibility index (Phi) is 5.55. The highest BCUT2D eigenvalue weighted by Crippen LogP contribution is 2.37. The minimum atomic E-state index is 0.101. The van der Waals surface area contributed by atoms with Crippen LogP contribution in [-0.4, -0.2) is 24.7 Å². The zero-order valence-corrected chi connectivity index (χ0v) is 12.6. The van der Waals surface area contributed by atoms with E-state index in [0.29, 0.717) is 6.42 Å². The number of carbonyl (C=O) groups excluding carboxylic acids is 1. The molecular formula is C14H19ClN2OS. The molecule has 0 bridgehead atoms. The molecule has 2 N–H and O–H groups in total. The summed E-state index contributed by atoms with van der Waals surface area (Å²) in [6, 6.07) is 6.02. The molecule has 0 aliphatic carbocycles. The van der Waals surface area contributed by atoms with Crippen LogP contribution in [0.5, 0.6) is 0 Å². The summed E-state index contributed by atoms with van der Waals surface area (Å²) in [5.41, 5.74) is 1.15. The first-order valence-corrected chi connectivity index (χ1v) is 7.99. The summed E-state index contributed by atoms with van der Waals surface area (Å²) >= 11 is 7.88. The first kappa shape index (κ1) is 14.7. The van der Waals surface area contributed by atoms with Gasteiger partial charge in [0.05, 0.1) is 6.04 Å². The van der Waals surface area contributed by atoms with Gasteiger partial charge < -0.3 is 10.6 Å². The summed E-state index contributed by atoms with van der Waals surface area (Å²) in [6.07, 6.45) is 1.48. The second kappa shape index (κ2) is 7.17. The molecule has 0 radical (unpaired) electrons. The van der Waals surface area contributed by atoms with Gasteiger partial charge in [0.25, 0.3) is 0 Å². The van der Waals surface area contributed by atoms with E-state index < -0.39 is 0 Å². The van der Waals surface area contributed by atoms with Crippen molar-refractivity contribution < 1.29 is 4.79 Å². The highest BCUT2D eigenvalue weighted by molar-refractivity contribution is 7.99. The third kappa shape index (κ3) is 4.13. The Labute approximate surface area is 123 Å². The van der Waals surface area contributed by atoms with Crippen molar-refractivity contribution in [3.8, 4) is 0 Å². The topological polar surface area (TPSA) is 41.1 Å². The quantitative estimate of drug-likeness (QED) is 0.821. The van der Waals surface area contributed by atoms with Crippen molar-refractivity contribution in [3.05, 3.63) is 28.8 Å². The summed E-state index contributed by atoms with van der Waals surface area (Å²) in [6.45, 7) is 3.66. The van der Waals surface area contributed by atoms with E-state index in [4.69, 9.17) is 11.6 Å². The van der Waals surface area contributed by atoms with Crippen LogP contribution in [0.1, 0.15) is 31.4 Å². The number of fused-ring (bicyclic) bond motifs is 1. The van der Waals surface area contributed by atoms with Crippen molar-refractivity contribution in [1.82, 2.24) is 10.6 Å². The Balaban J connectivity index is 1.99. The van der Waals surface area contributed by atoms with Crippen molar-refractivity contribution >= 4 is 29.3 Å². The van der Waals surface area contributed by atoms with Crippen LogP contribution < -0.4 is 10.6 Å². The van der Waals surface area contributed by atoms with Gasteiger partial charge in [-0.25, -0.2) is 0 Å². The maximum atomic E-state index is 11.9. The number of amides is 1. The van der Waals surface area contributed by atoms with Crippen LogP contribution in [0.15, 0.2) is 23.1 Å². The second-order valence-corrected chi connectivity index (χ2v) is 6.12. The van der Waals surface area contributed by atoms with E-state index in [1.165, 1.54) is 4.90 Å². The molecule has 5 heteroatoms. The lowest BCUT2D eigenvalue weighted by Crippen LogP contribution is -2.32. The Morgan fingerprint density at radius 3 is 3.16 bits per heavy atom. The molecule has 1 aromatic carbocycles. The number of hydrogen-bond donors (Lipinski definition) is 2. The number of nitrogens with one attached hydrogen (secondary N) is 2. The van der Waals surface area contributed by atoms with Gasteiger partial charge in [0.1, 0.15) is 0 Å². The van der Waals surface area contributed by atoms with Crippen LogP contribution in [0.2, 0.25) is 5.02 Å². The third-order valence-electron chi connectivity index (χ3n) is 3.13. The zero-order chi connectivity index (χ0) is 13.7. The van der Waals surface area contributed by atoms with Gasteiger partial charge in [0.15, 0.2) is 0 Å². The predicted octanol–water partition coefficient (Wildman–Crippen LogP) is 2.99. The largest absolute Gasteiger partial charge is 0.349 e. The van der Waals surface area contributed by atoms with Crippen molar-refractivity contribution in [1.29, 1.82) is 0 Å². The monoisotopic (exact) mass is 298 g/mol. The van der Waals surface area contributed by atoms with Crippen LogP contribution in [0, 0.1) is 0 Å². The Morgan fingerprint density at radius 1 is 1.53 bits per heavy atom. The van der Waals surface area contributed by atoms with Gasteiger partial charge >= 0.3 is 0 Å². The number of carbonyl (C=O) groups is 1. The average Bonchev–Trinajstić information content (AvgIpc) is 2.40. The van der Waals surface area contributed by atoms with Gasteiger partial charge in [0.2, 0.25) is 5.91 Å². The highest BCUT2D eigenvalue weighted by atomic mass is 35.5. The first-order valence-electron chi connectivity index (χ1n) is 6.63. The van der Waals surface area contributed by atoms with E-state index in [9.17, 15) is 4.79 Å². The second-order valence-electron chi connectivity index (χ2n) is 4.54. The van der Waals surface area contributed by atoms with Gasteiger partial charge in [-0.2, -0.15) is 0 Å². The van der Waals surface area contributed by atoms with Gasteiger partial charge in [-0.05, 0) is 36.7 Å². The number of rotatable bonds is 5. The molecule has 0 saturated carbocycles. The Morgan fingerprint density at radius 2 is 2.37 bits per heavy atom. The van der Waals surface area contributed by atoms with E-state index >= 15 is 0 Å². The SMILES string of the molecule is CCNCCC(=O)NC1CCSc2ccc(Cl)cc21. The summed E-state index contributed by atoms with van der Waals surface area (Å²) in [5.74, 6) is 1.14. The smallest absolute Gasteiger partial charge is 0.221 e. The molecule has 0 saturated heterocycles. The molecule has 1 aromatic rings. The molecule has 1 aliphatic heterocycles. The summed E-state index contributed by atoms with van der Waals surface area (Å²) < 4.78 is 0. The summed E-state index contributed by atoms with van der Waals surface area (Å²) in [4.78, 5) is 13.1. The third-order valence-corrected chi connectivity index (χ3v) is 4.48. The van der Waals surface area contributed by atoms with E-state index in [-0.39, 0.29) is 11.9 Å². The first-order chi connectivity index (χ1) is 9.20. The number of thioether (sulfide) groups is 1. The normalized spacial score (nSPS) is 17.9. The van der Waals surface area contributed by atoms with E-state index in [0.717, 1.165) is 35.8 Å². The molecule has 104 valence electrons. The van der Waals surface area contributed by atoms with Gasteiger partial charge in [-0.1, -0.05) is 18.5 Å². The van der Waals surface area contributed by atoms with Crippen molar-refractivity contribution in [3.63, 3.8) is 0 Å².